The number of hydrogen-bond acceptors (Lipinski definition) is 1. The molecule has 0 amide bonds. The largest absolute Gasteiger partial charge is 0.348 e. The SMILES string of the molecule is C=C(C1CCCCC1)N(C)c1cccc(C)c1.CCc1ccc(C2CCCCC2)cc1C. The Hall–Kier alpha value is -2.02. The van der Waals surface area contributed by atoms with Crippen molar-refractivity contribution >= 4 is 5.69 Å². The molecule has 2 saturated carbocycles. The number of allylic oxidation sites excluding steroid dienone is 1. The van der Waals surface area contributed by atoms with Crippen molar-refractivity contribution in [1.82, 2.24) is 0 Å². The molecular formula is C31H45N. The van der Waals surface area contributed by atoms with Gasteiger partial charge < -0.3 is 4.90 Å². The number of nitrogens with zero attached hydrogens (tertiary/aromatic N) is 1. The minimum Gasteiger partial charge on any atom is -0.348 e. The van der Waals surface area contributed by atoms with Gasteiger partial charge in [0.25, 0.3) is 0 Å². The van der Waals surface area contributed by atoms with Gasteiger partial charge in [0, 0.05) is 18.4 Å². The van der Waals surface area contributed by atoms with Gasteiger partial charge in [0.1, 0.15) is 0 Å². The molecule has 2 aliphatic carbocycles. The van der Waals surface area contributed by atoms with Crippen molar-refractivity contribution < 1.29 is 0 Å². The van der Waals surface area contributed by atoms with E-state index in [-0.39, 0.29) is 0 Å². The molecule has 0 radical (unpaired) electrons. The van der Waals surface area contributed by atoms with Gasteiger partial charge in [-0.05, 0) is 92.2 Å². The van der Waals surface area contributed by atoms with Gasteiger partial charge in [-0.2, -0.15) is 0 Å². The zero-order valence-corrected chi connectivity index (χ0v) is 21.1. The van der Waals surface area contributed by atoms with Crippen LogP contribution in [0.2, 0.25) is 0 Å². The van der Waals surface area contributed by atoms with Gasteiger partial charge in [0.2, 0.25) is 0 Å². The number of rotatable bonds is 5. The first-order chi connectivity index (χ1) is 15.5. The molecule has 0 aliphatic heterocycles. The minimum absolute atomic E-state index is 0.689. The van der Waals surface area contributed by atoms with Crippen molar-refractivity contribution in [2.75, 3.05) is 11.9 Å². The van der Waals surface area contributed by atoms with Gasteiger partial charge in [-0.1, -0.05) is 82.4 Å². The number of anilines is 1. The highest BCUT2D eigenvalue weighted by Gasteiger charge is 2.19. The highest BCUT2D eigenvalue weighted by Crippen LogP contribution is 2.34. The van der Waals surface area contributed by atoms with Crippen LogP contribution < -0.4 is 4.90 Å². The Morgan fingerprint density at radius 3 is 2.12 bits per heavy atom. The average Bonchev–Trinajstić information content (AvgIpc) is 2.84. The Morgan fingerprint density at radius 1 is 0.875 bits per heavy atom. The molecule has 4 rings (SSSR count). The lowest BCUT2D eigenvalue weighted by Crippen LogP contribution is -2.23. The van der Waals surface area contributed by atoms with Crippen LogP contribution in [0.1, 0.15) is 99.3 Å². The molecule has 0 atom stereocenters. The van der Waals surface area contributed by atoms with E-state index in [9.17, 15) is 0 Å². The third kappa shape index (κ3) is 6.74. The van der Waals surface area contributed by atoms with E-state index in [0.717, 1.165) is 12.3 Å². The van der Waals surface area contributed by atoms with E-state index < -0.39 is 0 Å². The van der Waals surface area contributed by atoms with Crippen LogP contribution in [0.4, 0.5) is 5.69 Å². The predicted octanol–water partition coefficient (Wildman–Crippen LogP) is 9.13. The van der Waals surface area contributed by atoms with Crippen molar-refractivity contribution in [1.29, 1.82) is 0 Å². The minimum atomic E-state index is 0.689. The summed E-state index contributed by atoms with van der Waals surface area (Å²) in [6.45, 7) is 10.9. The molecule has 0 aromatic heterocycles. The van der Waals surface area contributed by atoms with E-state index >= 15 is 0 Å². The average molecular weight is 432 g/mol. The Morgan fingerprint density at radius 2 is 1.53 bits per heavy atom. The third-order valence-corrected chi connectivity index (χ3v) is 7.72. The summed E-state index contributed by atoms with van der Waals surface area (Å²) >= 11 is 0. The lowest BCUT2D eigenvalue weighted by molar-refractivity contribution is 0.398. The van der Waals surface area contributed by atoms with Crippen molar-refractivity contribution in [3.8, 4) is 0 Å². The Bertz CT molecular complexity index is 853. The topological polar surface area (TPSA) is 3.24 Å². The van der Waals surface area contributed by atoms with E-state index in [0.29, 0.717) is 5.92 Å². The van der Waals surface area contributed by atoms with Crippen LogP contribution in [0.3, 0.4) is 0 Å². The fourth-order valence-electron chi connectivity index (χ4n) is 5.52. The van der Waals surface area contributed by atoms with Crippen LogP contribution in [-0.4, -0.2) is 7.05 Å². The maximum atomic E-state index is 4.31. The summed E-state index contributed by atoms with van der Waals surface area (Å²) in [5.74, 6) is 1.54. The lowest BCUT2D eigenvalue weighted by Gasteiger charge is -2.31. The molecule has 0 N–H and O–H groups in total. The molecule has 2 aromatic rings. The standard InChI is InChI=1S/C16H23N.C15H22/c1-13-8-7-11-16(12-13)17(3)14(2)15-9-5-4-6-10-15;1-3-13-9-10-15(11-12(13)2)14-7-5-4-6-8-14/h7-8,11-12,15H,2,4-6,9-10H2,1,3H3;9-11,14H,3-8H2,1-2H3. The summed E-state index contributed by atoms with van der Waals surface area (Å²) < 4.78 is 0. The summed E-state index contributed by atoms with van der Waals surface area (Å²) in [5, 5.41) is 0. The molecule has 174 valence electrons. The van der Waals surface area contributed by atoms with Crippen LogP contribution >= 0.6 is 0 Å². The van der Waals surface area contributed by atoms with E-state index in [2.05, 4.69) is 81.8 Å². The van der Waals surface area contributed by atoms with Gasteiger partial charge in [0.15, 0.2) is 0 Å². The van der Waals surface area contributed by atoms with E-state index in [1.165, 1.54) is 92.3 Å². The number of aryl methyl sites for hydroxylation is 3. The van der Waals surface area contributed by atoms with Gasteiger partial charge in [0.05, 0.1) is 0 Å². The van der Waals surface area contributed by atoms with Crippen molar-refractivity contribution in [2.45, 2.75) is 97.3 Å². The summed E-state index contributed by atoms with van der Waals surface area (Å²) in [6, 6.07) is 15.8. The Labute approximate surface area is 197 Å². The molecule has 2 fully saturated rings. The maximum absolute atomic E-state index is 4.31. The van der Waals surface area contributed by atoms with Crippen molar-refractivity contribution in [3.05, 3.63) is 77.0 Å². The highest BCUT2D eigenvalue weighted by atomic mass is 15.1. The van der Waals surface area contributed by atoms with Crippen LogP contribution in [-0.2, 0) is 6.42 Å². The zero-order chi connectivity index (χ0) is 22.9. The monoisotopic (exact) mass is 431 g/mol. The summed E-state index contributed by atoms with van der Waals surface area (Å²) in [4.78, 5) is 2.27. The van der Waals surface area contributed by atoms with E-state index in [1.54, 1.807) is 5.56 Å². The number of hydrogen-bond donors (Lipinski definition) is 0. The first kappa shape index (κ1) is 24.6. The first-order valence-electron chi connectivity index (χ1n) is 13.1. The highest BCUT2D eigenvalue weighted by molar-refractivity contribution is 5.52. The zero-order valence-electron chi connectivity index (χ0n) is 21.1. The van der Waals surface area contributed by atoms with Crippen LogP contribution in [0.5, 0.6) is 0 Å². The maximum Gasteiger partial charge on any atom is 0.0408 e. The fraction of sp³-hybridized carbons (Fsp3) is 0.548. The molecule has 2 aromatic carbocycles. The second kappa shape index (κ2) is 12.3. The molecule has 0 bridgehead atoms. The molecule has 1 nitrogen and oxygen atoms in total. The second-order valence-electron chi connectivity index (χ2n) is 10.1. The number of benzene rings is 2. The Balaban J connectivity index is 0.000000182. The first-order valence-corrected chi connectivity index (χ1v) is 13.1. The van der Waals surface area contributed by atoms with Crippen LogP contribution in [0.15, 0.2) is 54.7 Å². The summed E-state index contributed by atoms with van der Waals surface area (Å²) in [5.41, 5.74) is 8.45. The molecule has 2 aliphatic rings. The normalized spacial score (nSPS) is 17.4. The van der Waals surface area contributed by atoms with Gasteiger partial charge >= 0.3 is 0 Å². The van der Waals surface area contributed by atoms with Crippen LogP contribution in [0, 0.1) is 19.8 Å². The van der Waals surface area contributed by atoms with E-state index in [4.69, 9.17) is 0 Å². The van der Waals surface area contributed by atoms with E-state index in [1.807, 2.05) is 0 Å². The smallest absolute Gasteiger partial charge is 0.0408 e. The fourth-order valence-corrected chi connectivity index (χ4v) is 5.52. The molecule has 0 spiro atoms. The van der Waals surface area contributed by atoms with Crippen molar-refractivity contribution in [3.63, 3.8) is 0 Å². The molecule has 1 heteroatoms. The molecular weight excluding hydrogens is 386 g/mol. The quantitative estimate of drug-likeness (QED) is 0.456. The Kier molecular flexibility index (Phi) is 9.45. The van der Waals surface area contributed by atoms with Gasteiger partial charge in [-0.3, -0.25) is 0 Å². The molecule has 0 heterocycles. The second-order valence-corrected chi connectivity index (χ2v) is 10.1. The summed E-state index contributed by atoms with van der Waals surface area (Å²) in [6.07, 6.45) is 15.0. The summed E-state index contributed by atoms with van der Waals surface area (Å²) in [7, 11) is 2.14. The predicted molar refractivity (Wildman–Crippen MR) is 142 cm³/mol. The lowest BCUT2D eigenvalue weighted by atomic mass is 9.83. The van der Waals surface area contributed by atoms with Crippen LogP contribution in [0.25, 0.3) is 0 Å². The van der Waals surface area contributed by atoms with Gasteiger partial charge in [-0.25, -0.2) is 0 Å². The van der Waals surface area contributed by atoms with Gasteiger partial charge in [-0.15, -0.1) is 0 Å². The molecule has 32 heavy (non-hydrogen) atoms. The third-order valence-electron chi connectivity index (χ3n) is 7.72. The molecule has 0 saturated heterocycles. The van der Waals surface area contributed by atoms with Crippen molar-refractivity contribution in [2.24, 2.45) is 5.92 Å². The molecule has 0 unspecified atom stereocenters.